The van der Waals surface area contributed by atoms with Gasteiger partial charge in [-0.15, -0.1) is 0 Å². The quantitative estimate of drug-likeness (QED) is 0.397. The number of nitrogens with one attached hydrogen (secondary N) is 1. The van der Waals surface area contributed by atoms with Gasteiger partial charge in [0, 0.05) is 19.2 Å². The lowest BCUT2D eigenvalue weighted by Crippen LogP contribution is -2.33. The summed E-state index contributed by atoms with van der Waals surface area (Å²) in [4.78, 5) is 28.3. The number of nitrogen functional groups attached to an aromatic ring is 2. The molecule has 1 heterocycles. The Hall–Kier alpha value is -2.75. The zero-order valence-corrected chi connectivity index (χ0v) is 11.7. The van der Waals surface area contributed by atoms with Crippen molar-refractivity contribution in [1.82, 2.24) is 4.98 Å². The van der Waals surface area contributed by atoms with E-state index in [4.69, 9.17) is 21.8 Å². The van der Waals surface area contributed by atoms with E-state index in [2.05, 4.69) is 10.4 Å². The van der Waals surface area contributed by atoms with Gasteiger partial charge in [0.1, 0.15) is 11.5 Å². The summed E-state index contributed by atoms with van der Waals surface area (Å²) in [6.45, 7) is 3.45. The van der Waals surface area contributed by atoms with Gasteiger partial charge in [0.25, 0.3) is 0 Å². The second-order valence-electron chi connectivity index (χ2n) is 3.96. The first-order valence-corrected chi connectivity index (χ1v) is 6.15. The Morgan fingerprint density at radius 1 is 1.24 bits per heavy atom. The zero-order valence-electron chi connectivity index (χ0n) is 11.7. The van der Waals surface area contributed by atoms with Gasteiger partial charge in [-0.1, -0.05) is 0 Å². The van der Waals surface area contributed by atoms with Crippen molar-refractivity contribution in [2.75, 3.05) is 34.0 Å². The number of hydrogen-bond donors (Lipinski definition) is 5. The maximum atomic E-state index is 11.2. The van der Waals surface area contributed by atoms with E-state index in [-0.39, 0.29) is 36.1 Å². The largest absolute Gasteiger partial charge is 0.465 e. The minimum Gasteiger partial charge on any atom is -0.465 e. The molecule has 116 valence electrons. The van der Waals surface area contributed by atoms with Crippen LogP contribution in [-0.4, -0.2) is 40.5 Å². The van der Waals surface area contributed by atoms with E-state index in [0.29, 0.717) is 0 Å². The molecule has 1 aromatic heterocycles. The molecule has 0 atom stereocenters. The number of hydrogen-bond acceptors (Lipinski definition) is 6. The number of carboxylic acid groups (broad SMARTS) is 2. The average molecular weight is 298 g/mol. The lowest BCUT2D eigenvalue weighted by molar-refractivity contribution is 0.201. The Balaban J connectivity index is 3.49. The molecule has 0 aliphatic carbocycles. The predicted molar refractivity (Wildman–Crippen MR) is 78.5 cm³/mol. The van der Waals surface area contributed by atoms with Crippen molar-refractivity contribution in [3.8, 4) is 0 Å². The predicted octanol–water partition coefficient (Wildman–Crippen LogP) is 0.958. The number of aromatic nitrogens is 1. The summed E-state index contributed by atoms with van der Waals surface area (Å²) < 4.78 is 0. The number of hydrazine groups is 1. The highest BCUT2D eigenvalue weighted by Crippen LogP contribution is 2.32. The fourth-order valence-electron chi connectivity index (χ4n) is 1.76. The summed E-state index contributed by atoms with van der Waals surface area (Å²) in [7, 11) is 0. The molecular formula is C11H18N6O4. The summed E-state index contributed by atoms with van der Waals surface area (Å²) in [6, 6.07) is 1.34. The van der Waals surface area contributed by atoms with E-state index in [1.165, 1.54) is 6.07 Å². The van der Waals surface area contributed by atoms with E-state index in [0.717, 1.165) is 9.80 Å². The second kappa shape index (κ2) is 6.61. The van der Waals surface area contributed by atoms with Crippen LogP contribution in [0.2, 0.25) is 0 Å². The van der Waals surface area contributed by atoms with Crippen LogP contribution in [0.1, 0.15) is 13.8 Å². The minimum atomic E-state index is -1.25. The van der Waals surface area contributed by atoms with E-state index in [1.807, 2.05) is 0 Å². The SMILES string of the molecule is CCN(C(=O)O)c1cc(NN)c(N)c(N(CC)C(=O)O)n1. The Morgan fingerprint density at radius 3 is 2.14 bits per heavy atom. The van der Waals surface area contributed by atoms with Crippen LogP contribution in [0.3, 0.4) is 0 Å². The molecule has 0 aliphatic rings. The molecule has 0 radical (unpaired) electrons. The maximum absolute atomic E-state index is 11.2. The number of anilines is 4. The topological polar surface area (TPSA) is 158 Å². The molecule has 2 amide bonds. The summed E-state index contributed by atoms with van der Waals surface area (Å²) in [5.74, 6) is 5.29. The molecule has 0 unspecified atom stereocenters. The monoisotopic (exact) mass is 298 g/mol. The first kappa shape index (κ1) is 16.3. The van der Waals surface area contributed by atoms with Crippen LogP contribution in [0.5, 0.6) is 0 Å². The van der Waals surface area contributed by atoms with Crippen molar-refractivity contribution >= 4 is 35.2 Å². The van der Waals surface area contributed by atoms with Crippen LogP contribution < -0.4 is 26.8 Å². The van der Waals surface area contributed by atoms with Crippen LogP contribution in [-0.2, 0) is 0 Å². The van der Waals surface area contributed by atoms with E-state index >= 15 is 0 Å². The molecule has 0 saturated heterocycles. The van der Waals surface area contributed by atoms with Crippen LogP contribution in [0.15, 0.2) is 6.07 Å². The molecule has 1 rings (SSSR count). The van der Waals surface area contributed by atoms with Gasteiger partial charge in [-0.2, -0.15) is 0 Å². The minimum absolute atomic E-state index is 0.0203. The number of nitrogens with two attached hydrogens (primary N) is 2. The molecule has 0 aromatic carbocycles. The van der Waals surface area contributed by atoms with Crippen molar-refractivity contribution < 1.29 is 19.8 Å². The number of rotatable bonds is 5. The van der Waals surface area contributed by atoms with Crippen molar-refractivity contribution in [2.45, 2.75) is 13.8 Å². The first-order valence-electron chi connectivity index (χ1n) is 6.15. The van der Waals surface area contributed by atoms with Gasteiger partial charge in [-0.25, -0.2) is 14.6 Å². The molecule has 0 saturated carbocycles. The molecule has 0 spiro atoms. The average Bonchev–Trinajstić information content (AvgIpc) is 2.42. The van der Waals surface area contributed by atoms with Gasteiger partial charge in [0.05, 0.1) is 5.69 Å². The normalized spacial score (nSPS) is 10.0. The molecule has 0 bridgehead atoms. The molecule has 0 aliphatic heterocycles. The van der Waals surface area contributed by atoms with Crippen LogP contribution in [0.4, 0.5) is 32.6 Å². The zero-order chi connectivity index (χ0) is 16.2. The Labute approximate surface area is 120 Å². The molecule has 1 aromatic rings. The molecule has 21 heavy (non-hydrogen) atoms. The second-order valence-corrected chi connectivity index (χ2v) is 3.96. The summed E-state index contributed by atoms with van der Waals surface area (Å²) in [6.07, 6.45) is -2.47. The summed E-state index contributed by atoms with van der Waals surface area (Å²) in [5, 5.41) is 18.3. The fraction of sp³-hybridized carbons (Fsp3) is 0.364. The van der Waals surface area contributed by atoms with Crippen molar-refractivity contribution in [3.63, 3.8) is 0 Å². The molecule has 10 nitrogen and oxygen atoms in total. The highest BCUT2D eigenvalue weighted by atomic mass is 16.4. The highest BCUT2D eigenvalue weighted by Gasteiger charge is 2.23. The Bertz CT molecular complexity index is 550. The third-order valence-corrected chi connectivity index (χ3v) is 2.81. The molecule has 10 heteroatoms. The Kier molecular flexibility index (Phi) is 5.13. The lowest BCUT2D eigenvalue weighted by Gasteiger charge is -2.23. The van der Waals surface area contributed by atoms with Gasteiger partial charge in [0.15, 0.2) is 5.82 Å². The number of amides is 2. The van der Waals surface area contributed by atoms with Crippen LogP contribution >= 0.6 is 0 Å². The van der Waals surface area contributed by atoms with Gasteiger partial charge in [0.2, 0.25) is 0 Å². The number of pyridine rings is 1. The van der Waals surface area contributed by atoms with Crippen LogP contribution in [0, 0.1) is 0 Å². The van der Waals surface area contributed by atoms with Crippen LogP contribution in [0.25, 0.3) is 0 Å². The van der Waals surface area contributed by atoms with Gasteiger partial charge >= 0.3 is 12.2 Å². The van der Waals surface area contributed by atoms with Crippen molar-refractivity contribution in [1.29, 1.82) is 0 Å². The standard InChI is InChI=1S/C11H18N6O4/c1-3-16(10(18)19)7-5-6(15-13)8(12)9(14-7)17(4-2)11(20)21/h5H,3-4,12-13H2,1-2H3,(H,14,15)(H,18,19)(H,20,21). The molecule has 7 N–H and O–H groups in total. The van der Waals surface area contributed by atoms with Gasteiger partial charge in [-0.3, -0.25) is 15.6 Å². The molecular weight excluding hydrogens is 280 g/mol. The third kappa shape index (κ3) is 3.23. The summed E-state index contributed by atoms with van der Waals surface area (Å²) >= 11 is 0. The lowest BCUT2D eigenvalue weighted by atomic mass is 10.3. The van der Waals surface area contributed by atoms with E-state index in [9.17, 15) is 9.59 Å². The van der Waals surface area contributed by atoms with E-state index < -0.39 is 12.2 Å². The number of carbonyl (C=O) groups is 2. The third-order valence-electron chi connectivity index (χ3n) is 2.81. The highest BCUT2D eigenvalue weighted by molar-refractivity contribution is 5.94. The fourth-order valence-corrected chi connectivity index (χ4v) is 1.76. The van der Waals surface area contributed by atoms with E-state index in [1.54, 1.807) is 13.8 Å². The first-order chi connectivity index (χ1) is 9.87. The van der Waals surface area contributed by atoms with Gasteiger partial charge < -0.3 is 21.4 Å². The maximum Gasteiger partial charge on any atom is 0.413 e. The smallest absolute Gasteiger partial charge is 0.413 e. The Morgan fingerprint density at radius 2 is 1.76 bits per heavy atom. The van der Waals surface area contributed by atoms with Gasteiger partial charge in [-0.05, 0) is 13.8 Å². The summed E-state index contributed by atoms with van der Waals surface area (Å²) in [5.41, 5.74) is 8.34. The van der Waals surface area contributed by atoms with Crippen molar-refractivity contribution in [3.05, 3.63) is 6.07 Å². The number of nitrogens with zero attached hydrogens (tertiary/aromatic N) is 3. The molecule has 0 fully saturated rings. The van der Waals surface area contributed by atoms with Crippen molar-refractivity contribution in [2.24, 2.45) is 5.84 Å².